The monoisotopic (exact) mass is 465 g/mol. The molecule has 2 aromatic carbocycles. The number of carbonyl (C=O) groups is 2. The molecule has 10 heteroatoms. The molecule has 0 spiro atoms. The van der Waals surface area contributed by atoms with Crippen LogP contribution in [-0.2, 0) is 26.2 Å². The number of hydrogen-bond acceptors (Lipinski definition) is 6. The molecule has 2 aromatic rings. The van der Waals surface area contributed by atoms with Gasteiger partial charge in [0.25, 0.3) is 5.91 Å². The normalized spacial score (nSPS) is 11.9. The molecule has 0 heterocycles. The third-order valence-electron chi connectivity index (χ3n) is 4.07. The third kappa shape index (κ3) is 9.75. The van der Waals surface area contributed by atoms with Crippen LogP contribution in [0.15, 0.2) is 54.6 Å². The second-order valence-electron chi connectivity index (χ2n) is 6.80. The van der Waals surface area contributed by atoms with Gasteiger partial charge in [0, 0.05) is 12.2 Å². The number of rotatable bonds is 12. The molecule has 2 rings (SSSR count). The van der Waals surface area contributed by atoms with E-state index in [0.29, 0.717) is 23.6 Å². The fourth-order valence-electron chi connectivity index (χ4n) is 2.68. The van der Waals surface area contributed by atoms with Crippen LogP contribution in [0.5, 0.6) is 5.75 Å². The van der Waals surface area contributed by atoms with E-state index in [-0.39, 0.29) is 25.0 Å². The molecule has 8 nitrogen and oxygen atoms in total. The summed E-state index contributed by atoms with van der Waals surface area (Å²) in [6, 6.07) is 15.0. The Labute approximate surface area is 187 Å². The van der Waals surface area contributed by atoms with Crippen LogP contribution in [0.1, 0.15) is 12.0 Å². The van der Waals surface area contributed by atoms with Crippen molar-refractivity contribution in [1.82, 2.24) is 10.6 Å². The molecule has 0 radical (unpaired) electrons. The number of nitrogens with one attached hydrogen (secondary N) is 3. The van der Waals surface area contributed by atoms with Crippen LogP contribution < -0.4 is 20.1 Å². The first kappa shape index (κ1) is 24.5. The molecule has 0 aliphatic heterocycles. The van der Waals surface area contributed by atoms with Gasteiger partial charge in [0.2, 0.25) is 15.9 Å². The van der Waals surface area contributed by atoms with Crippen molar-refractivity contribution in [2.75, 3.05) is 29.6 Å². The zero-order chi connectivity index (χ0) is 22.7. The van der Waals surface area contributed by atoms with E-state index >= 15 is 0 Å². The number of para-hydroxylation sites is 1. The molecule has 0 aliphatic rings. The molecule has 1 unspecified atom stereocenters. The molecule has 0 saturated carbocycles. The summed E-state index contributed by atoms with van der Waals surface area (Å²) in [6.07, 6.45) is 3.47. The zero-order valence-corrected chi connectivity index (χ0v) is 19.1. The van der Waals surface area contributed by atoms with Gasteiger partial charge in [0.05, 0.1) is 6.26 Å². The van der Waals surface area contributed by atoms with Gasteiger partial charge in [-0.2, -0.15) is 11.8 Å². The molecule has 0 aliphatic carbocycles. The quantitative estimate of drug-likeness (QED) is 0.442. The highest BCUT2D eigenvalue weighted by Gasteiger charge is 2.20. The van der Waals surface area contributed by atoms with Crippen molar-refractivity contribution in [3.8, 4) is 5.75 Å². The van der Waals surface area contributed by atoms with E-state index < -0.39 is 16.1 Å². The Morgan fingerprint density at radius 1 is 1.10 bits per heavy atom. The van der Waals surface area contributed by atoms with E-state index in [4.69, 9.17) is 4.74 Å². The molecule has 0 aromatic heterocycles. The molecule has 0 bridgehead atoms. The molecular weight excluding hydrogens is 438 g/mol. The average molecular weight is 466 g/mol. The highest BCUT2D eigenvalue weighted by atomic mass is 32.2. The van der Waals surface area contributed by atoms with Gasteiger partial charge in [-0.05, 0) is 48.3 Å². The van der Waals surface area contributed by atoms with E-state index in [2.05, 4.69) is 15.4 Å². The Kier molecular flexibility index (Phi) is 9.67. The molecule has 3 N–H and O–H groups in total. The minimum absolute atomic E-state index is 0.188. The fourth-order valence-corrected chi connectivity index (χ4v) is 3.70. The maximum Gasteiger partial charge on any atom is 0.258 e. The average Bonchev–Trinajstić information content (AvgIpc) is 2.73. The Morgan fingerprint density at radius 3 is 2.52 bits per heavy atom. The van der Waals surface area contributed by atoms with Crippen LogP contribution in [0.3, 0.4) is 0 Å². The number of amides is 2. The van der Waals surface area contributed by atoms with Crippen molar-refractivity contribution >= 4 is 39.3 Å². The first-order valence-corrected chi connectivity index (χ1v) is 12.9. The fraction of sp³-hybridized carbons (Fsp3) is 0.333. The van der Waals surface area contributed by atoms with Crippen LogP contribution in [-0.4, -0.2) is 51.1 Å². The summed E-state index contributed by atoms with van der Waals surface area (Å²) >= 11 is 1.58. The topological polar surface area (TPSA) is 114 Å². The molecule has 1 atom stereocenters. The number of anilines is 1. The van der Waals surface area contributed by atoms with Gasteiger partial charge in [-0.15, -0.1) is 0 Å². The smallest absolute Gasteiger partial charge is 0.258 e. The second kappa shape index (κ2) is 12.2. The van der Waals surface area contributed by atoms with Crippen LogP contribution >= 0.6 is 11.8 Å². The highest BCUT2D eigenvalue weighted by Crippen LogP contribution is 2.12. The van der Waals surface area contributed by atoms with E-state index in [9.17, 15) is 18.0 Å². The van der Waals surface area contributed by atoms with Gasteiger partial charge in [-0.3, -0.25) is 14.3 Å². The summed E-state index contributed by atoms with van der Waals surface area (Å²) in [6.45, 7) is 0.0105. The van der Waals surface area contributed by atoms with Gasteiger partial charge in [0.1, 0.15) is 11.8 Å². The molecule has 31 heavy (non-hydrogen) atoms. The van der Waals surface area contributed by atoms with Crippen molar-refractivity contribution in [1.29, 1.82) is 0 Å². The Bertz CT molecular complexity index is 968. The van der Waals surface area contributed by atoms with Crippen LogP contribution in [0.25, 0.3) is 0 Å². The summed E-state index contributed by atoms with van der Waals surface area (Å²) in [5.41, 5.74) is 1.14. The van der Waals surface area contributed by atoms with Crippen molar-refractivity contribution < 1.29 is 22.7 Å². The van der Waals surface area contributed by atoms with Gasteiger partial charge >= 0.3 is 0 Å². The van der Waals surface area contributed by atoms with Crippen molar-refractivity contribution in [3.63, 3.8) is 0 Å². The lowest BCUT2D eigenvalue weighted by Crippen LogP contribution is -2.48. The number of hydrogen-bond donors (Lipinski definition) is 3. The third-order valence-corrected chi connectivity index (χ3v) is 5.32. The van der Waals surface area contributed by atoms with Gasteiger partial charge in [0.15, 0.2) is 6.61 Å². The van der Waals surface area contributed by atoms with Crippen molar-refractivity contribution in [2.24, 2.45) is 0 Å². The summed E-state index contributed by atoms with van der Waals surface area (Å²) in [4.78, 5) is 24.9. The summed E-state index contributed by atoms with van der Waals surface area (Å²) in [5.74, 6) is 0.574. The lowest BCUT2D eigenvalue weighted by atomic mass is 10.1. The Hall–Kier alpha value is -2.72. The van der Waals surface area contributed by atoms with E-state index in [0.717, 1.165) is 11.8 Å². The Morgan fingerprint density at radius 2 is 1.84 bits per heavy atom. The van der Waals surface area contributed by atoms with Gasteiger partial charge in [-0.25, -0.2) is 8.42 Å². The minimum atomic E-state index is -3.39. The lowest BCUT2D eigenvalue weighted by molar-refractivity contribution is -0.130. The zero-order valence-electron chi connectivity index (χ0n) is 17.5. The van der Waals surface area contributed by atoms with Crippen LogP contribution in [0, 0.1) is 0 Å². The largest absolute Gasteiger partial charge is 0.484 e. The highest BCUT2D eigenvalue weighted by molar-refractivity contribution is 7.98. The maximum absolute atomic E-state index is 12.7. The number of ether oxygens (including phenoxy) is 1. The van der Waals surface area contributed by atoms with E-state index in [1.54, 1.807) is 48.2 Å². The molecule has 2 amide bonds. The Balaban J connectivity index is 1.91. The number of thioether (sulfide) groups is 1. The molecule has 0 fully saturated rings. The summed E-state index contributed by atoms with van der Waals surface area (Å²) in [5, 5.41) is 5.52. The number of carbonyl (C=O) groups excluding carboxylic acids is 2. The molecule has 168 valence electrons. The van der Waals surface area contributed by atoms with Crippen LogP contribution in [0.4, 0.5) is 5.69 Å². The maximum atomic E-state index is 12.7. The second-order valence-corrected chi connectivity index (χ2v) is 9.53. The lowest BCUT2D eigenvalue weighted by Gasteiger charge is -2.18. The first-order valence-electron chi connectivity index (χ1n) is 9.57. The van der Waals surface area contributed by atoms with E-state index in [1.807, 2.05) is 24.5 Å². The SMILES string of the molecule is CSCCC(NC(=O)COc1ccccc1)C(=O)NCc1cccc(NS(C)(=O)=O)c1. The summed E-state index contributed by atoms with van der Waals surface area (Å²) in [7, 11) is -3.39. The van der Waals surface area contributed by atoms with Crippen molar-refractivity contribution in [3.05, 3.63) is 60.2 Å². The van der Waals surface area contributed by atoms with E-state index in [1.165, 1.54) is 0 Å². The van der Waals surface area contributed by atoms with Crippen molar-refractivity contribution in [2.45, 2.75) is 19.0 Å². The summed E-state index contributed by atoms with van der Waals surface area (Å²) < 4.78 is 30.6. The minimum Gasteiger partial charge on any atom is -0.484 e. The molecular formula is C21H27N3O5S2. The predicted molar refractivity (Wildman–Crippen MR) is 124 cm³/mol. The first-order chi connectivity index (χ1) is 14.8. The van der Waals surface area contributed by atoms with Crippen LogP contribution in [0.2, 0.25) is 0 Å². The number of sulfonamides is 1. The standard InChI is InChI=1S/C21H27N3O5S2/c1-30-12-11-19(23-20(25)15-29-18-9-4-3-5-10-18)21(26)22-14-16-7-6-8-17(13-16)24-31(2,27)28/h3-10,13,19,24H,11-12,14-15H2,1-2H3,(H,22,26)(H,23,25). The van der Waals surface area contributed by atoms with Gasteiger partial charge < -0.3 is 15.4 Å². The molecule has 0 saturated heterocycles. The number of benzene rings is 2. The predicted octanol–water partition coefficient (Wildman–Crippen LogP) is 1.99. The van der Waals surface area contributed by atoms with Gasteiger partial charge in [-0.1, -0.05) is 30.3 Å².